The summed E-state index contributed by atoms with van der Waals surface area (Å²) in [6.45, 7) is 3.58. The van der Waals surface area contributed by atoms with E-state index in [1.54, 1.807) is 6.92 Å². The molecule has 7 unspecified atom stereocenters. The Morgan fingerprint density at radius 3 is 2.91 bits per heavy atom. The van der Waals surface area contributed by atoms with E-state index in [9.17, 15) is 4.79 Å². The Balaban J connectivity index is 1.38. The zero-order valence-corrected chi connectivity index (χ0v) is 20.8. The van der Waals surface area contributed by atoms with Gasteiger partial charge < -0.3 is 19.1 Å². The second kappa shape index (κ2) is 8.40. The summed E-state index contributed by atoms with van der Waals surface area (Å²) < 4.78 is 19.9. The number of carbonyl (C=O) groups excluding carboxylic acids is 1. The van der Waals surface area contributed by atoms with Crippen LogP contribution in [0, 0.1) is 35.2 Å². The third kappa shape index (κ3) is 3.20. The lowest BCUT2D eigenvalue weighted by atomic mass is 9.42. The molecule has 6 fully saturated rings. The molecule has 6 rings (SSSR count). The number of nitrogens with zero attached hydrogens (tertiary/aromatic N) is 1. The Hall–Kier alpha value is -0.800. The molecule has 0 radical (unpaired) electrons. The number of Topliss-reactive ketones (excluding diaryl/α,β-unsaturated/α-hetero) is 1. The maximum absolute atomic E-state index is 13.4. The number of ether oxygens (including phenoxy) is 3. The highest BCUT2D eigenvalue weighted by molar-refractivity contribution is 6.20. The molecule has 33 heavy (non-hydrogen) atoms. The fraction of sp³-hybridized carbons (Fsp3) is 0.889. The smallest absolute Gasteiger partial charge is 0.162 e. The van der Waals surface area contributed by atoms with Crippen molar-refractivity contribution in [3.05, 3.63) is 0 Å². The van der Waals surface area contributed by atoms with Crippen molar-refractivity contribution in [3.63, 3.8) is 0 Å². The van der Waals surface area contributed by atoms with Gasteiger partial charge in [-0.1, -0.05) is 12.3 Å². The van der Waals surface area contributed by atoms with Crippen LogP contribution < -0.4 is 0 Å². The highest BCUT2D eigenvalue weighted by Crippen LogP contribution is 2.70. The molecule has 2 saturated heterocycles. The SMILES string of the molecule is CC#COC1CCC2CC3N(C)CC[C@]45C2C1O[C@H]4C(=O)CC[C@@]35OCC1CCCC(Cl)C1. The van der Waals surface area contributed by atoms with Crippen molar-refractivity contribution < 1.29 is 19.0 Å². The number of carbonyl (C=O) groups is 1. The summed E-state index contributed by atoms with van der Waals surface area (Å²) in [5.74, 6) is 4.57. The van der Waals surface area contributed by atoms with E-state index in [-0.39, 0.29) is 40.5 Å². The van der Waals surface area contributed by atoms with Crippen LogP contribution in [0.4, 0.5) is 0 Å². The Kier molecular flexibility index (Phi) is 5.77. The summed E-state index contributed by atoms with van der Waals surface area (Å²) in [5, 5.41) is 0.275. The Morgan fingerprint density at radius 1 is 1.21 bits per heavy atom. The average Bonchev–Trinajstić information content (AvgIpc) is 3.17. The van der Waals surface area contributed by atoms with Crippen molar-refractivity contribution in [2.24, 2.45) is 23.2 Å². The maximum atomic E-state index is 13.4. The summed E-state index contributed by atoms with van der Waals surface area (Å²) >= 11 is 6.53. The van der Waals surface area contributed by atoms with Crippen LogP contribution in [-0.2, 0) is 19.0 Å². The van der Waals surface area contributed by atoms with Crippen LogP contribution in [-0.4, -0.2) is 66.2 Å². The summed E-state index contributed by atoms with van der Waals surface area (Å²) in [6, 6.07) is 0.355. The first-order valence-electron chi connectivity index (χ1n) is 13.2. The predicted molar refractivity (Wildman–Crippen MR) is 126 cm³/mol. The highest BCUT2D eigenvalue weighted by Gasteiger charge is 2.78. The minimum atomic E-state index is -0.355. The van der Waals surface area contributed by atoms with E-state index in [1.807, 2.05) is 0 Å². The highest BCUT2D eigenvalue weighted by atomic mass is 35.5. The van der Waals surface area contributed by atoms with Gasteiger partial charge in [-0.15, -0.1) is 11.6 Å². The van der Waals surface area contributed by atoms with Gasteiger partial charge in [-0.2, -0.15) is 0 Å². The van der Waals surface area contributed by atoms with Crippen LogP contribution >= 0.6 is 11.6 Å². The van der Waals surface area contributed by atoms with Crippen LogP contribution in [0.2, 0.25) is 0 Å². The molecular formula is C27H38ClNO4. The minimum absolute atomic E-state index is 0.0456. The molecule has 5 nitrogen and oxygen atoms in total. The van der Waals surface area contributed by atoms with Crippen LogP contribution in [0.1, 0.15) is 71.1 Å². The van der Waals surface area contributed by atoms with Gasteiger partial charge in [0.25, 0.3) is 0 Å². The van der Waals surface area contributed by atoms with Crippen molar-refractivity contribution in [1.29, 1.82) is 0 Å². The number of hydrogen-bond donors (Lipinski definition) is 0. The molecular weight excluding hydrogens is 438 g/mol. The molecule has 2 aliphatic heterocycles. The second-order valence-electron chi connectivity index (χ2n) is 11.7. The fourth-order valence-corrected chi connectivity index (χ4v) is 9.49. The van der Waals surface area contributed by atoms with E-state index in [4.69, 9.17) is 25.8 Å². The molecule has 4 aliphatic carbocycles. The molecule has 0 aromatic heterocycles. The Labute approximate surface area is 203 Å². The number of halogens is 1. The first-order valence-corrected chi connectivity index (χ1v) is 13.7. The fourth-order valence-electron chi connectivity index (χ4n) is 9.09. The van der Waals surface area contributed by atoms with Crippen molar-refractivity contribution >= 4 is 17.4 Å². The van der Waals surface area contributed by atoms with E-state index in [0.717, 1.165) is 58.1 Å². The van der Waals surface area contributed by atoms with E-state index in [1.165, 1.54) is 12.8 Å². The second-order valence-corrected chi connectivity index (χ2v) is 12.3. The number of likely N-dealkylation sites (N-methyl/N-ethyl adjacent to an activating group) is 1. The topological polar surface area (TPSA) is 48.0 Å². The number of alkyl halides is 1. The summed E-state index contributed by atoms with van der Waals surface area (Å²) in [6.07, 6.45) is 12.5. The zero-order valence-electron chi connectivity index (χ0n) is 20.1. The predicted octanol–water partition coefficient (Wildman–Crippen LogP) is 4.16. The molecule has 2 heterocycles. The molecule has 0 aromatic rings. The van der Waals surface area contributed by atoms with Gasteiger partial charge in [0.1, 0.15) is 24.4 Å². The summed E-state index contributed by atoms with van der Waals surface area (Å²) in [7, 11) is 2.27. The van der Waals surface area contributed by atoms with Crippen molar-refractivity contribution in [1.82, 2.24) is 4.90 Å². The van der Waals surface area contributed by atoms with E-state index < -0.39 is 0 Å². The van der Waals surface area contributed by atoms with Gasteiger partial charge in [0.2, 0.25) is 0 Å². The first kappa shape index (κ1) is 22.7. The van der Waals surface area contributed by atoms with E-state index >= 15 is 0 Å². The summed E-state index contributed by atoms with van der Waals surface area (Å²) in [5.41, 5.74) is -0.546. The van der Waals surface area contributed by atoms with Gasteiger partial charge in [-0.3, -0.25) is 4.79 Å². The molecule has 6 heteroatoms. The molecule has 2 bridgehead atoms. The summed E-state index contributed by atoms with van der Waals surface area (Å²) in [4.78, 5) is 15.9. The van der Waals surface area contributed by atoms with Gasteiger partial charge in [0.05, 0.1) is 12.2 Å². The third-order valence-electron chi connectivity index (χ3n) is 10.3. The largest absolute Gasteiger partial charge is 0.441 e. The average molecular weight is 476 g/mol. The third-order valence-corrected chi connectivity index (χ3v) is 10.7. The molecule has 0 N–H and O–H groups in total. The number of piperidine rings is 1. The van der Waals surface area contributed by atoms with Crippen molar-refractivity contribution in [2.45, 2.75) is 106 Å². The molecule has 10 atom stereocenters. The quantitative estimate of drug-likeness (QED) is 0.451. The number of hydrogen-bond acceptors (Lipinski definition) is 5. The Bertz CT molecular complexity index is 855. The molecule has 0 aromatic carbocycles. The lowest BCUT2D eigenvalue weighted by Crippen LogP contribution is -2.77. The standard InChI is InChI=1S/C27H38ClNO4/c1-3-13-31-21-8-7-18-15-22-27(32-16-17-5-4-6-19(28)14-17)10-9-20(30)25-26(27,11-12-29(22)2)23(18)24(21)33-25/h17-19,21-25H,4-12,14-16H2,1-2H3/t17?,18?,19?,21?,22?,23?,24?,25-,26-,27+/m0/s1. The Morgan fingerprint density at radius 2 is 2.09 bits per heavy atom. The number of likely N-dealkylation sites (tertiary alicyclic amines) is 1. The number of ketones is 1. The van der Waals surface area contributed by atoms with Gasteiger partial charge in [-0.25, -0.2) is 0 Å². The molecule has 0 amide bonds. The van der Waals surface area contributed by atoms with Gasteiger partial charge >= 0.3 is 0 Å². The van der Waals surface area contributed by atoms with Crippen LogP contribution in [0.25, 0.3) is 0 Å². The first-order chi connectivity index (χ1) is 16.0. The van der Waals surface area contributed by atoms with E-state index in [2.05, 4.69) is 24.0 Å². The molecule has 1 spiro atoms. The van der Waals surface area contributed by atoms with Gasteiger partial charge in [0, 0.05) is 36.1 Å². The van der Waals surface area contributed by atoms with Crippen molar-refractivity contribution in [3.8, 4) is 12.0 Å². The van der Waals surface area contributed by atoms with Gasteiger partial charge in [-0.05, 0) is 76.8 Å². The normalized spacial score (nSPS) is 50.8. The monoisotopic (exact) mass is 475 g/mol. The maximum Gasteiger partial charge on any atom is 0.162 e. The van der Waals surface area contributed by atoms with Crippen molar-refractivity contribution in [2.75, 3.05) is 20.2 Å². The molecule has 4 saturated carbocycles. The van der Waals surface area contributed by atoms with E-state index in [0.29, 0.717) is 30.2 Å². The van der Waals surface area contributed by atoms with Crippen LogP contribution in [0.3, 0.4) is 0 Å². The number of rotatable bonds is 4. The van der Waals surface area contributed by atoms with Crippen LogP contribution in [0.5, 0.6) is 0 Å². The molecule has 6 aliphatic rings. The molecule has 182 valence electrons. The zero-order chi connectivity index (χ0) is 22.8. The lowest BCUT2D eigenvalue weighted by molar-refractivity contribution is -0.272. The van der Waals surface area contributed by atoms with Gasteiger partial charge in [0.15, 0.2) is 5.78 Å². The minimum Gasteiger partial charge on any atom is -0.441 e. The van der Waals surface area contributed by atoms with Crippen LogP contribution in [0.15, 0.2) is 0 Å². The lowest BCUT2D eigenvalue weighted by Gasteiger charge is -2.68.